The standard InChI is InChI=1S/C22H38O4/c1-4-5-14-22(2,3)15-10-12-18-17(19(23)16-20(18)24)11-8-6-7-9-13-21(25)26/h10,15,17-18,20,24H,4-9,11-14,16H2,1-3H3,(H,25,26)/b15-10+/t17-,18-,20-/m1/s1. The van der Waals surface area contributed by atoms with Crippen LogP contribution < -0.4 is 0 Å². The number of Topliss-reactive ketones (excluding diaryl/α,β-unsaturated/α-hetero) is 1. The number of allylic oxidation sites excluding steroid dienone is 2. The average Bonchev–Trinajstić information content (AvgIpc) is 2.82. The van der Waals surface area contributed by atoms with Crippen LogP contribution in [0, 0.1) is 17.3 Å². The van der Waals surface area contributed by atoms with Crippen LogP contribution in [0.3, 0.4) is 0 Å². The van der Waals surface area contributed by atoms with Crippen molar-refractivity contribution in [2.24, 2.45) is 17.3 Å². The van der Waals surface area contributed by atoms with Gasteiger partial charge in [0, 0.05) is 18.8 Å². The molecule has 0 heterocycles. The summed E-state index contributed by atoms with van der Waals surface area (Å²) in [5.41, 5.74) is 0.170. The lowest BCUT2D eigenvalue weighted by Crippen LogP contribution is -2.20. The number of hydrogen-bond acceptors (Lipinski definition) is 3. The van der Waals surface area contributed by atoms with Crippen LogP contribution in [0.4, 0.5) is 0 Å². The summed E-state index contributed by atoms with van der Waals surface area (Å²) in [4.78, 5) is 22.8. The Morgan fingerprint density at radius 3 is 2.54 bits per heavy atom. The van der Waals surface area contributed by atoms with E-state index in [0.717, 1.165) is 38.5 Å². The van der Waals surface area contributed by atoms with Gasteiger partial charge in [-0.05, 0) is 37.0 Å². The molecule has 1 aliphatic rings. The molecule has 2 N–H and O–H groups in total. The summed E-state index contributed by atoms with van der Waals surface area (Å²) in [5, 5.41) is 18.9. The number of rotatable bonds is 13. The molecule has 0 aromatic heterocycles. The van der Waals surface area contributed by atoms with Gasteiger partial charge in [0.05, 0.1) is 6.10 Å². The van der Waals surface area contributed by atoms with E-state index < -0.39 is 12.1 Å². The van der Waals surface area contributed by atoms with E-state index in [1.807, 2.05) is 0 Å². The molecule has 1 aliphatic carbocycles. The van der Waals surface area contributed by atoms with Crippen LogP contribution in [0.2, 0.25) is 0 Å². The maximum atomic E-state index is 12.2. The van der Waals surface area contributed by atoms with Crippen LogP contribution in [0.25, 0.3) is 0 Å². The van der Waals surface area contributed by atoms with Crippen molar-refractivity contribution in [2.75, 3.05) is 0 Å². The highest BCUT2D eigenvalue weighted by atomic mass is 16.4. The second-order valence-corrected chi connectivity index (χ2v) is 8.58. The normalized spacial score (nSPS) is 23.8. The molecule has 0 aromatic rings. The van der Waals surface area contributed by atoms with E-state index in [1.165, 1.54) is 12.8 Å². The second-order valence-electron chi connectivity index (χ2n) is 8.58. The zero-order chi connectivity index (χ0) is 19.6. The summed E-state index contributed by atoms with van der Waals surface area (Å²) < 4.78 is 0. The molecule has 1 fully saturated rings. The fraction of sp³-hybridized carbons (Fsp3) is 0.818. The van der Waals surface area contributed by atoms with Crippen molar-refractivity contribution >= 4 is 11.8 Å². The van der Waals surface area contributed by atoms with Gasteiger partial charge >= 0.3 is 5.97 Å². The highest BCUT2D eigenvalue weighted by Crippen LogP contribution is 2.36. The molecule has 1 rings (SSSR count). The molecular formula is C22H38O4. The SMILES string of the molecule is CCCCC(C)(C)/C=C/C[C@H]1[C@H](O)CC(=O)[C@@H]1CCCCCCC(=O)O. The van der Waals surface area contributed by atoms with Gasteiger partial charge in [-0.3, -0.25) is 9.59 Å². The Morgan fingerprint density at radius 2 is 1.88 bits per heavy atom. The van der Waals surface area contributed by atoms with E-state index in [9.17, 15) is 14.7 Å². The minimum atomic E-state index is -0.743. The number of carboxylic acids is 1. The largest absolute Gasteiger partial charge is 0.481 e. The van der Waals surface area contributed by atoms with E-state index in [0.29, 0.717) is 12.8 Å². The maximum Gasteiger partial charge on any atom is 0.303 e. The summed E-state index contributed by atoms with van der Waals surface area (Å²) in [6, 6.07) is 0. The summed E-state index contributed by atoms with van der Waals surface area (Å²) in [7, 11) is 0. The Bertz CT molecular complexity index is 467. The lowest BCUT2D eigenvalue weighted by Gasteiger charge is -2.22. The third-order valence-corrected chi connectivity index (χ3v) is 5.64. The smallest absolute Gasteiger partial charge is 0.303 e. The van der Waals surface area contributed by atoms with Crippen molar-refractivity contribution in [3.63, 3.8) is 0 Å². The average molecular weight is 367 g/mol. The number of aliphatic hydroxyl groups excluding tert-OH is 1. The van der Waals surface area contributed by atoms with Crippen molar-refractivity contribution in [3.8, 4) is 0 Å². The molecule has 0 amide bonds. The number of carbonyl (C=O) groups excluding carboxylic acids is 1. The summed E-state index contributed by atoms with van der Waals surface area (Å²) in [6.45, 7) is 6.68. The molecular weight excluding hydrogens is 328 g/mol. The number of carboxylic acid groups (broad SMARTS) is 1. The van der Waals surface area contributed by atoms with Crippen molar-refractivity contribution in [2.45, 2.75) is 97.5 Å². The van der Waals surface area contributed by atoms with Crippen LogP contribution >= 0.6 is 0 Å². The van der Waals surface area contributed by atoms with Gasteiger partial charge in [0.25, 0.3) is 0 Å². The van der Waals surface area contributed by atoms with Crippen molar-refractivity contribution in [3.05, 3.63) is 12.2 Å². The zero-order valence-corrected chi connectivity index (χ0v) is 16.9. The summed E-state index contributed by atoms with van der Waals surface area (Å²) in [6.07, 6.45) is 13.1. The molecule has 0 spiro atoms. The monoisotopic (exact) mass is 366 g/mol. The Hall–Kier alpha value is -1.16. The lowest BCUT2D eigenvalue weighted by molar-refractivity contribution is -0.137. The quantitative estimate of drug-likeness (QED) is 0.349. The van der Waals surface area contributed by atoms with E-state index in [2.05, 4.69) is 32.9 Å². The Kier molecular flexibility index (Phi) is 10.1. The number of ketones is 1. The minimum absolute atomic E-state index is 0.0344. The second kappa shape index (κ2) is 11.5. The van der Waals surface area contributed by atoms with Crippen LogP contribution in [-0.2, 0) is 9.59 Å². The topological polar surface area (TPSA) is 74.6 Å². The van der Waals surface area contributed by atoms with E-state index >= 15 is 0 Å². The summed E-state index contributed by atoms with van der Waals surface area (Å²) >= 11 is 0. The van der Waals surface area contributed by atoms with E-state index in [4.69, 9.17) is 5.11 Å². The van der Waals surface area contributed by atoms with Crippen molar-refractivity contribution < 1.29 is 19.8 Å². The first-order valence-corrected chi connectivity index (χ1v) is 10.4. The number of aliphatic hydroxyl groups is 1. The fourth-order valence-electron chi connectivity index (χ4n) is 3.97. The highest BCUT2D eigenvalue weighted by Gasteiger charge is 2.40. The van der Waals surface area contributed by atoms with Crippen LogP contribution in [0.1, 0.15) is 91.4 Å². The predicted molar refractivity (Wildman–Crippen MR) is 105 cm³/mol. The van der Waals surface area contributed by atoms with Gasteiger partial charge in [-0.15, -0.1) is 0 Å². The van der Waals surface area contributed by atoms with Gasteiger partial charge in [0.2, 0.25) is 0 Å². The molecule has 150 valence electrons. The molecule has 0 aromatic carbocycles. The molecule has 0 unspecified atom stereocenters. The molecule has 3 atom stereocenters. The molecule has 0 bridgehead atoms. The highest BCUT2D eigenvalue weighted by molar-refractivity contribution is 5.84. The van der Waals surface area contributed by atoms with E-state index in [-0.39, 0.29) is 29.5 Å². The first kappa shape index (κ1) is 22.9. The molecule has 4 heteroatoms. The van der Waals surface area contributed by atoms with Gasteiger partial charge in [0.15, 0.2) is 0 Å². The van der Waals surface area contributed by atoms with Gasteiger partial charge < -0.3 is 10.2 Å². The fourth-order valence-corrected chi connectivity index (χ4v) is 3.97. The third kappa shape index (κ3) is 8.48. The molecule has 4 nitrogen and oxygen atoms in total. The van der Waals surface area contributed by atoms with E-state index in [1.54, 1.807) is 0 Å². The Morgan fingerprint density at radius 1 is 1.19 bits per heavy atom. The molecule has 26 heavy (non-hydrogen) atoms. The number of aliphatic carboxylic acids is 1. The Balaban J connectivity index is 2.43. The molecule has 0 saturated heterocycles. The van der Waals surface area contributed by atoms with Crippen LogP contribution in [0.15, 0.2) is 12.2 Å². The number of carbonyl (C=O) groups is 2. The van der Waals surface area contributed by atoms with Crippen LogP contribution in [-0.4, -0.2) is 28.1 Å². The minimum Gasteiger partial charge on any atom is -0.481 e. The van der Waals surface area contributed by atoms with Gasteiger partial charge in [0.1, 0.15) is 5.78 Å². The maximum absolute atomic E-state index is 12.2. The first-order valence-electron chi connectivity index (χ1n) is 10.4. The van der Waals surface area contributed by atoms with Crippen molar-refractivity contribution in [1.82, 2.24) is 0 Å². The predicted octanol–water partition coefficient (Wildman–Crippen LogP) is 5.14. The molecule has 0 aliphatic heterocycles. The zero-order valence-electron chi connectivity index (χ0n) is 16.9. The first-order chi connectivity index (χ1) is 12.3. The van der Waals surface area contributed by atoms with Crippen LogP contribution in [0.5, 0.6) is 0 Å². The number of hydrogen-bond donors (Lipinski definition) is 2. The Labute approximate surface area is 159 Å². The van der Waals surface area contributed by atoms with Gasteiger partial charge in [-0.2, -0.15) is 0 Å². The van der Waals surface area contributed by atoms with Crippen molar-refractivity contribution in [1.29, 1.82) is 0 Å². The summed E-state index contributed by atoms with van der Waals surface area (Å²) in [5.74, 6) is -0.535. The molecule has 1 saturated carbocycles. The van der Waals surface area contributed by atoms with Gasteiger partial charge in [-0.25, -0.2) is 0 Å². The number of unbranched alkanes of at least 4 members (excludes halogenated alkanes) is 4. The molecule has 0 radical (unpaired) electrons. The lowest BCUT2D eigenvalue weighted by atomic mass is 9.83. The van der Waals surface area contributed by atoms with Gasteiger partial charge in [-0.1, -0.05) is 65.0 Å². The third-order valence-electron chi connectivity index (χ3n) is 5.64.